The van der Waals surface area contributed by atoms with E-state index in [-0.39, 0.29) is 23.1 Å². The molecule has 0 unspecified atom stereocenters. The zero-order valence-electron chi connectivity index (χ0n) is 12.9. The molecule has 0 bridgehead atoms. The van der Waals surface area contributed by atoms with E-state index < -0.39 is 14.3 Å². The number of carbonyl (C=O) groups excluding carboxylic acids is 1. The highest BCUT2D eigenvalue weighted by molar-refractivity contribution is 6.74. The van der Waals surface area contributed by atoms with Crippen molar-refractivity contribution in [3.05, 3.63) is 17.4 Å². The molecule has 0 saturated heterocycles. The van der Waals surface area contributed by atoms with Crippen LogP contribution in [0, 0.1) is 0 Å². The van der Waals surface area contributed by atoms with Crippen LogP contribution >= 0.6 is 0 Å². The molecule has 0 aliphatic carbocycles. The summed E-state index contributed by atoms with van der Waals surface area (Å²) in [4.78, 5) is 14.7. The van der Waals surface area contributed by atoms with Crippen LogP contribution < -0.4 is 0 Å². The van der Waals surface area contributed by atoms with Gasteiger partial charge in [-0.25, -0.2) is 4.79 Å². The molecule has 0 rings (SSSR count). The largest absolute Gasteiger partial charge is 0.538 e. The second-order valence-electron chi connectivity index (χ2n) is 5.68. The molecule has 0 spiro atoms. The fourth-order valence-corrected chi connectivity index (χ4v) is 2.13. The number of hydrogen-bond donors (Lipinski definition) is 0. The lowest BCUT2D eigenvalue weighted by Gasteiger charge is -2.36. The summed E-state index contributed by atoms with van der Waals surface area (Å²) in [5.74, 6) is -0.413. The quantitative estimate of drug-likeness (QED) is 0.194. The van der Waals surface area contributed by atoms with Crippen molar-refractivity contribution in [2.45, 2.75) is 52.8 Å². The first-order chi connectivity index (χ1) is 8.60. The van der Waals surface area contributed by atoms with Gasteiger partial charge < -0.3 is 14.7 Å². The molecule has 5 nitrogen and oxygen atoms in total. The molecule has 0 aliphatic rings. The summed E-state index contributed by atoms with van der Waals surface area (Å²) in [7, 11) is -2.10. The Morgan fingerprint density at radius 2 is 1.89 bits per heavy atom. The summed E-state index contributed by atoms with van der Waals surface area (Å²) in [6.45, 7) is 14.0. The number of carbonyl (C=O) groups is 1. The number of ether oxygens (including phenoxy) is 1. The van der Waals surface area contributed by atoms with E-state index in [0.717, 1.165) is 0 Å². The van der Waals surface area contributed by atoms with Crippen LogP contribution in [0.4, 0.5) is 0 Å². The van der Waals surface area contributed by atoms with Gasteiger partial charge in [0.2, 0.25) is 0 Å². The van der Waals surface area contributed by atoms with Crippen molar-refractivity contribution in [2.24, 2.45) is 0 Å². The van der Waals surface area contributed by atoms with Crippen molar-refractivity contribution >= 4 is 20.0 Å². The predicted molar refractivity (Wildman–Crippen MR) is 77.3 cm³/mol. The zero-order valence-corrected chi connectivity index (χ0v) is 13.9. The summed E-state index contributed by atoms with van der Waals surface area (Å²) in [6, 6.07) is 0. The first-order valence-electron chi connectivity index (χ1n) is 6.35. The smallest absolute Gasteiger partial charge is 0.438 e. The molecule has 0 atom stereocenters. The van der Waals surface area contributed by atoms with Crippen LogP contribution in [0.1, 0.15) is 34.6 Å². The maximum Gasteiger partial charge on any atom is 0.438 e. The fourth-order valence-electron chi connectivity index (χ4n) is 1.06. The lowest BCUT2D eigenvalue weighted by atomic mass is 10.2. The molecule has 0 radical (unpaired) electrons. The van der Waals surface area contributed by atoms with Gasteiger partial charge in [-0.1, -0.05) is 20.8 Å². The number of allylic oxidation sites excluding steroid dienone is 1. The topological polar surface area (TPSA) is 71.9 Å². The molecule has 0 fully saturated rings. The predicted octanol–water partition coefficient (Wildman–Crippen LogP) is 3.15. The van der Waals surface area contributed by atoms with E-state index >= 15 is 0 Å². The molecule has 0 N–H and O–H groups in total. The second kappa shape index (κ2) is 6.68. The van der Waals surface area contributed by atoms with Crippen molar-refractivity contribution in [1.82, 2.24) is 0 Å². The van der Waals surface area contributed by atoms with Gasteiger partial charge in [-0.2, -0.15) is 4.79 Å². The molecule has 0 aromatic carbocycles. The third-order valence-corrected chi connectivity index (χ3v) is 7.58. The molecule has 108 valence electrons. The Bertz CT molecular complexity index is 416. The van der Waals surface area contributed by atoms with Crippen LogP contribution in [-0.2, 0) is 14.0 Å². The van der Waals surface area contributed by atoms with Crippen molar-refractivity contribution < 1.29 is 18.7 Å². The fraction of sp³-hybridized carbons (Fsp3) is 0.692. The zero-order chi connectivity index (χ0) is 15.3. The Labute approximate surface area is 116 Å². The SMILES string of the molecule is C/C=C(\O[Si](C)(C)C(C)(C)C)C(=[N+]=[N-])C(=O)OCC. The van der Waals surface area contributed by atoms with Gasteiger partial charge in [-0.15, -0.1) is 0 Å². The molecular weight excluding hydrogens is 260 g/mol. The van der Waals surface area contributed by atoms with E-state index in [1.165, 1.54) is 0 Å². The third-order valence-electron chi connectivity index (χ3n) is 3.24. The van der Waals surface area contributed by atoms with Crippen molar-refractivity contribution in [3.63, 3.8) is 0 Å². The number of nitrogens with zero attached hydrogens (tertiary/aromatic N) is 2. The second-order valence-corrected chi connectivity index (χ2v) is 10.4. The summed E-state index contributed by atoms with van der Waals surface area (Å²) < 4.78 is 10.8. The van der Waals surface area contributed by atoms with Crippen LogP contribution in [0.3, 0.4) is 0 Å². The van der Waals surface area contributed by atoms with Crippen molar-refractivity contribution in [3.8, 4) is 0 Å². The number of hydrogen-bond acceptors (Lipinski definition) is 3. The van der Waals surface area contributed by atoms with E-state index in [9.17, 15) is 4.79 Å². The summed E-state index contributed by atoms with van der Waals surface area (Å²) >= 11 is 0. The van der Waals surface area contributed by atoms with Crippen LogP contribution in [0.25, 0.3) is 5.53 Å². The minimum Gasteiger partial charge on any atom is -0.538 e. The van der Waals surface area contributed by atoms with E-state index in [4.69, 9.17) is 14.7 Å². The summed E-state index contributed by atoms with van der Waals surface area (Å²) in [5.41, 5.74) is 8.82. The van der Waals surface area contributed by atoms with E-state index in [0.29, 0.717) is 0 Å². The molecule has 0 amide bonds. The molecule has 0 aliphatic heterocycles. The summed E-state index contributed by atoms with van der Waals surface area (Å²) in [5, 5.41) is -0.0174. The minimum atomic E-state index is -2.10. The van der Waals surface area contributed by atoms with Gasteiger partial charge in [0.15, 0.2) is 5.76 Å². The lowest BCUT2D eigenvalue weighted by Crippen LogP contribution is -2.42. The van der Waals surface area contributed by atoms with Gasteiger partial charge in [0.1, 0.15) is 0 Å². The van der Waals surface area contributed by atoms with Gasteiger partial charge in [0, 0.05) is 0 Å². The van der Waals surface area contributed by atoms with E-state index in [2.05, 4.69) is 38.7 Å². The first-order valence-corrected chi connectivity index (χ1v) is 9.26. The van der Waals surface area contributed by atoms with Gasteiger partial charge in [0.05, 0.1) is 6.61 Å². The highest BCUT2D eigenvalue weighted by Crippen LogP contribution is 2.37. The van der Waals surface area contributed by atoms with Crippen LogP contribution in [0.5, 0.6) is 0 Å². The molecular formula is C13H24N2O3Si. The molecule has 0 heterocycles. The Morgan fingerprint density at radius 1 is 1.37 bits per heavy atom. The van der Waals surface area contributed by atoms with Crippen LogP contribution in [0.2, 0.25) is 18.1 Å². The Kier molecular flexibility index (Phi) is 6.19. The van der Waals surface area contributed by atoms with Crippen molar-refractivity contribution in [2.75, 3.05) is 6.61 Å². The molecule has 0 aromatic heterocycles. The minimum absolute atomic E-state index is 0.0174. The Balaban J connectivity index is 5.27. The van der Waals surface area contributed by atoms with Crippen LogP contribution in [0.15, 0.2) is 11.8 Å². The molecule has 0 saturated carbocycles. The Hall–Kier alpha value is -1.39. The first kappa shape index (κ1) is 17.6. The monoisotopic (exact) mass is 284 g/mol. The van der Waals surface area contributed by atoms with Gasteiger partial charge in [-0.05, 0) is 38.1 Å². The van der Waals surface area contributed by atoms with Crippen LogP contribution in [-0.4, -0.2) is 31.4 Å². The van der Waals surface area contributed by atoms with Gasteiger partial charge in [-0.3, -0.25) is 0 Å². The average molecular weight is 284 g/mol. The normalized spacial score (nSPS) is 12.7. The maximum absolute atomic E-state index is 11.7. The third kappa shape index (κ3) is 4.65. The Morgan fingerprint density at radius 3 is 2.21 bits per heavy atom. The maximum atomic E-state index is 11.7. The van der Waals surface area contributed by atoms with E-state index in [1.54, 1.807) is 19.9 Å². The molecule has 0 aromatic rings. The standard InChI is InChI=1S/C13H24N2O3Si/c1-8-10(11(15-14)12(16)17-9-2)18-19(6,7)13(3,4)5/h8H,9H2,1-7H3/b10-8-. The van der Waals surface area contributed by atoms with Gasteiger partial charge >= 0.3 is 11.7 Å². The van der Waals surface area contributed by atoms with E-state index in [1.807, 2.05) is 0 Å². The molecule has 6 heteroatoms. The van der Waals surface area contributed by atoms with Crippen molar-refractivity contribution in [1.29, 1.82) is 0 Å². The van der Waals surface area contributed by atoms with Gasteiger partial charge in [0.25, 0.3) is 8.32 Å². The highest BCUT2D eigenvalue weighted by Gasteiger charge is 2.42. The lowest BCUT2D eigenvalue weighted by molar-refractivity contribution is -0.139. The summed E-state index contributed by atoms with van der Waals surface area (Å²) in [6.07, 6.45) is 1.62. The number of esters is 1. The number of rotatable bonds is 5. The average Bonchev–Trinajstić information content (AvgIpc) is 2.27. The molecule has 19 heavy (non-hydrogen) atoms. The highest BCUT2D eigenvalue weighted by atomic mass is 28.4.